The Morgan fingerprint density at radius 1 is 1.03 bits per heavy atom. The zero-order chi connectivity index (χ0) is 25.9. The Labute approximate surface area is 215 Å². The Morgan fingerprint density at radius 2 is 1.72 bits per heavy atom. The van der Waals surface area contributed by atoms with E-state index in [4.69, 9.17) is 16.2 Å². The molecule has 1 aliphatic heterocycles. The largest absolute Gasteiger partial charge is 0.472 e. The molecule has 2 aromatic carbocycles. The summed E-state index contributed by atoms with van der Waals surface area (Å²) in [6, 6.07) is 18.5. The summed E-state index contributed by atoms with van der Waals surface area (Å²) in [6.07, 6.45) is 7.58. The summed E-state index contributed by atoms with van der Waals surface area (Å²) in [5.41, 5.74) is 15.7. The van der Waals surface area contributed by atoms with E-state index in [-0.39, 0.29) is 11.1 Å². The third-order valence-electron chi connectivity index (χ3n) is 6.84. The van der Waals surface area contributed by atoms with Crippen molar-refractivity contribution in [1.82, 2.24) is 15.2 Å². The molecule has 1 fully saturated rings. The molecule has 0 saturated carbocycles. The van der Waals surface area contributed by atoms with Gasteiger partial charge in [0, 0.05) is 41.4 Å². The minimum Gasteiger partial charge on any atom is -0.472 e. The van der Waals surface area contributed by atoms with Crippen molar-refractivity contribution >= 4 is 16.5 Å². The zero-order valence-corrected chi connectivity index (χ0v) is 22.1. The summed E-state index contributed by atoms with van der Waals surface area (Å²) >= 11 is 0. The zero-order valence-electron chi connectivity index (χ0n) is 22.1. The minimum atomic E-state index is 0.0508. The first-order chi connectivity index (χ1) is 17.0. The van der Waals surface area contributed by atoms with Crippen LogP contribution in [-0.2, 0) is 6.61 Å². The highest BCUT2D eigenvalue weighted by Gasteiger charge is 2.39. The lowest BCUT2D eigenvalue weighted by atomic mass is 9.79. The highest BCUT2D eigenvalue weighted by Crippen LogP contribution is 2.32. The third kappa shape index (κ3) is 6.18. The first-order valence-corrected chi connectivity index (χ1v) is 12.5. The van der Waals surface area contributed by atoms with Gasteiger partial charge in [0.2, 0.25) is 5.88 Å². The first-order valence-electron chi connectivity index (χ1n) is 12.5. The average Bonchev–Trinajstić information content (AvgIpc) is 2.83. The lowest BCUT2D eigenvalue weighted by Crippen LogP contribution is -2.61. The van der Waals surface area contributed by atoms with Crippen molar-refractivity contribution in [3.8, 4) is 5.88 Å². The van der Waals surface area contributed by atoms with Gasteiger partial charge in [-0.05, 0) is 81.3 Å². The fourth-order valence-corrected chi connectivity index (χ4v) is 5.30. The molecule has 2 heterocycles. The molecule has 6 nitrogen and oxygen atoms in total. The van der Waals surface area contributed by atoms with Crippen LogP contribution >= 0.6 is 0 Å². The van der Waals surface area contributed by atoms with E-state index in [0.717, 1.165) is 34.7 Å². The summed E-state index contributed by atoms with van der Waals surface area (Å²) in [5, 5.41) is 5.71. The summed E-state index contributed by atoms with van der Waals surface area (Å²) in [4.78, 5) is 6.64. The Balaban J connectivity index is 1.52. The van der Waals surface area contributed by atoms with Gasteiger partial charge in [0.15, 0.2) is 0 Å². The molecule has 36 heavy (non-hydrogen) atoms. The van der Waals surface area contributed by atoms with Crippen LogP contribution in [0.15, 0.2) is 78.8 Å². The SMILES string of the molecule is CN(/C(N)=C/C=C(\N)c1ccc2ccnc(OCc3ccccc3)c2c1)C1CC(C)(C)NC(C)(C)C1. The monoisotopic (exact) mass is 485 g/mol. The summed E-state index contributed by atoms with van der Waals surface area (Å²) < 4.78 is 6.06. The molecule has 1 aliphatic rings. The van der Waals surface area contributed by atoms with E-state index in [1.54, 1.807) is 6.20 Å². The van der Waals surface area contributed by atoms with Crippen molar-refractivity contribution in [2.75, 3.05) is 7.05 Å². The number of nitrogens with one attached hydrogen (secondary N) is 1. The molecule has 0 bridgehead atoms. The second-order valence-corrected chi connectivity index (χ2v) is 11.1. The Morgan fingerprint density at radius 3 is 2.42 bits per heavy atom. The molecule has 190 valence electrons. The number of rotatable bonds is 7. The first kappa shape index (κ1) is 25.6. The molecule has 6 heteroatoms. The van der Waals surface area contributed by atoms with E-state index < -0.39 is 0 Å². The quantitative estimate of drug-likeness (QED) is 0.401. The maximum Gasteiger partial charge on any atom is 0.221 e. The van der Waals surface area contributed by atoms with Crippen LogP contribution in [0.1, 0.15) is 51.7 Å². The van der Waals surface area contributed by atoms with Gasteiger partial charge in [-0.1, -0.05) is 42.5 Å². The molecule has 5 N–H and O–H groups in total. The number of ether oxygens (including phenoxy) is 1. The molecule has 0 unspecified atom stereocenters. The fourth-order valence-electron chi connectivity index (χ4n) is 5.30. The van der Waals surface area contributed by atoms with Crippen LogP contribution in [0.25, 0.3) is 16.5 Å². The average molecular weight is 486 g/mol. The van der Waals surface area contributed by atoms with Crippen molar-refractivity contribution in [1.29, 1.82) is 0 Å². The van der Waals surface area contributed by atoms with Crippen LogP contribution in [0.3, 0.4) is 0 Å². The van der Waals surface area contributed by atoms with E-state index in [9.17, 15) is 0 Å². The number of nitrogens with zero attached hydrogens (tertiary/aromatic N) is 2. The van der Waals surface area contributed by atoms with Crippen LogP contribution < -0.4 is 21.5 Å². The normalized spacial score (nSPS) is 18.2. The molecule has 3 aromatic rings. The summed E-state index contributed by atoms with van der Waals surface area (Å²) in [6.45, 7) is 9.45. The number of aromatic nitrogens is 1. The molecule has 0 radical (unpaired) electrons. The second-order valence-electron chi connectivity index (χ2n) is 11.1. The standard InChI is InChI=1S/C30H39N5O/c1-29(2)18-24(19-30(3,4)34-29)35(5)27(32)14-13-26(31)23-12-11-22-15-16-33-28(25(22)17-23)36-20-21-9-7-6-8-10-21/h6-17,24,34H,18-20,31-32H2,1-5H3/b26-13-,27-14+. The van der Waals surface area contributed by atoms with Crippen LogP contribution in [0.4, 0.5) is 0 Å². The highest BCUT2D eigenvalue weighted by atomic mass is 16.5. The third-order valence-corrected chi connectivity index (χ3v) is 6.84. The van der Waals surface area contributed by atoms with Crippen molar-refractivity contribution in [3.63, 3.8) is 0 Å². The second kappa shape index (κ2) is 10.2. The number of benzene rings is 2. The van der Waals surface area contributed by atoms with Crippen molar-refractivity contribution in [2.24, 2.45) is 11.5 Å². The summed E-state index contributed by atoms with van der Waals surface area (Å²) in [5.74, 6) is 1.29. The molecule has 0 atom stereocenters. The van der Waals surface area contributed by atoms with E-state index >= 15 is 0 Å². The number of fused-ring (bicyclic) bond motifs is 1. The van der Waals surface area contributed by atoms with Gasteiger partial charge in [0.1, 0.15) is 6.61 Å². The number of hydrogen-bond acceptors (Lipinski definition) is 6. The molecule has 1 saturated heterocycles. The molecule has 4 rings (SSSR count). The maximum atomic E-state index is 6.50. The predicted molar refractivity (Wildman–Crippen MR) is 149 cm³/mol. The number of allylic oxidation sites excluding steroid dienone is 2. The molecular formula is C30H39N5O. The van der Waals surface area contributed by atoms with E-state index in [2.05, 4.69) is 49.9 Å². The molecule has 0 spiro atoms. The minimum absolute atomic E-state index is 0.0508. The van der Waals surface area contributed by atoms with Crippen molar-refractivity contribution in [2.45, 2.75) is 64.3 Å². The van der Waals surface area contributed by atoms with Gasteiger partial charge in [0.05, 0.1) is 5.82 Å². The van der Waals surface area contributed by atoms with Gasteiger partial charge >= 0.3 is 0 Å². The van der Waals surface area contributed by atoms with Gasteiger partial charge in [-0.2, -0.15) is 0 Å². The number of hydrogen-bond donors (Lipinski definition) is 3. The maximum absolute atomic E-state index is 6.50. The Hall–Kier alpha value is -3.51. The molecule has 0 aliphatic carbocycles. The Kier molecular flexibility index (Phi) is 7.27. The predicted octanol–water partition coefficient (Wildman–Crippen LogP) is 5.15. The van der Waals surface area contributed by atoms with E-state index in [1.165, 1.54) is 0 Å². The van der Waals surface area contributed by atoms with Gasteiger partial charge in [-0.15, -0.1) is 0 Å². The topological polar surface area (TPSA) is 89.4 Å². The smallest absolute Gasteiger partial charge is 0.221 e. The van der Waals surface area contributed by atoms with Crippen LogP contribution in [-0.4, -0.2) is 34.1 Å². The highest BCUT2D eigenvalue weighted by molar-refractivity contribution is 5.89. The van der Waals surface area contributed by atoms with Crippen LogP contribution in [0.2, 0.25) is 0 Å². The summed E-state index contributed by atoms with van der Waals surface area (Å²) in [7, 11) is 2.07. The van der Waals surface area contributed by atoms with Crippen molar-refractivity contribution < 1.29 is 4.74 Å². The molecular weight excluding hydrogens is 446 g/mol. The Bertz CT molecular complexity index is 1250. The van der Waals surface area contributed by atoms with Crippen LogP contribution in [0.5, 0.6) is 5.88 Å². The lowest BCUT2D eigenvalue weighted by molar-refractivity contribution is 0.0981. The van der Waals surface area contributed by atoms with Crippen molar-refractivity contribution in [3.05, 3.63) is 89.9 Å². The van der Waals surface area contributed by atoms with Gasteiger partial charge in [0.25, 0.3) is 0 Å². The van der Waals surface area contributed by atoms with Gasteiger partial charge in [-0.3, -0.25) is 0 Å². The number of nitrogens with two attached hydrogens (primary N) is 2. The fraction of sp³-hybridized carbons (Fsp3) is 0.367. The van der Waals surface area contributed by atoms with Crippen LogP contribution in [0, 0.1) is 0 Å². The van der Waals surface area contributed by atoms with Gasteiger partial charge < -0.3 is 26.4 Å². The number of pyridine rings is 1. The van der Waals surface area contributed by atoms with E-state index in [1.807, 2.05) is 66.7 Å². The lowest BCUT2D eigenvalue weighted by Gasteiger charge is -2.49. The molecule has 1 aromatic heterocycles. The number of piperidine rings is 1. The molecule has 0 amide bonds. The van der Waals surface area contributed by atoms with Gasteiger partial charge in [-0.25, -0.2) is 4.98 Å². The van der Waals surface area contributed by atoms with E-state index in [0.29, 0.717) is 30.0 Å².